The van der Waals surface area contributed by atoms with Crippen molar-refractivity contribution in [1.82, 2.24) is 15.0 Å². The summed E-state index contributed by atoms with van der Waals surface area (Å²) in [7, 11) is 0. The minimum Gasteiger partial charge on any atom is -0.463 e. The molecule has 1 fully saturated rings. The predicted molar refractivity (Wildman–Crippen MR) is 81.8 cm³/mol. The van der Waals surface area contributed by atoms with Gasteiger partial charge in [-0.2, -0.15) is 15.0 Å². The van der Waals surface area contributed by atoms with Gasteiger partial charge in [-0.25, -0.2) is 0 Å². The molecule has 1 saturated carbocycles. The van der Waals surface area contributed by atoms with Gasteiger partial charge in [0.2, 0.25) is 11.9 Å². The molecular formula is C14H25N5O2. The SMILES string of the molecule is CCCOc1nc(NCC)nc(NCCOCC2CC2)n1. The monoisotopic (exact) mass is 295 g/mol. The molecule has 0 spiro atoms. The van der Waals surface area contributed by atoms with Crippen molar-refractivity contribution < 1.29 is 9.47 Å². The van der Waals surface area contributed by atoms with Crippen LogP contribution in [0.5, 0.6) is 6.01 Å². The quantitative estimate of drug-likeness (QED) is 0.604. The first-order valence-corrected chi connectivity index (χ1v) is 7.76. The number of rotatable bonds is 11. The van der Waals surface area contributed by atoms with Gasteiger partial charge in [0.1, 0.15) is 0 Å². The van der Waals surface area contributed by atoms with E-state index in [4.69, 9.17) is 9.47 Å². The maximum absolute atomic E-state index is 5.57. The lowest BCUT2D eigenvalue weighted by atomic mass is 10.5. The van der Waals surface area contributed by atoms with Crippen molar-refractivity contribution in [2.24, 2.45) is 5.92 Å². The summed E-state index contributed by atoms with van der Waals surface area (Å²) in [6, 6.07) is 0.351. The van der Waals surface area contributed by atoms with Gasteiger partial charge in [-0.3, -0.25) is 0 Å². The first-order chi connectivity index (χ1) is 10.3. The average molecular weight is 295 g/mol. The van der Waals surface area contributed by atoms with E-state index in [0.29, 0.717) is 37.7 Å². The third-order valence-corrected chi connectivity index (χ3v) is 2.97. The van der Waals surface area contributed by atoms with Crippen LogP contribution >= 0.6 is 0 Å². The second-order valence-electron chi connectivity index (χ2n) is 5.09. The second kappa shape index (κ2) is 8.61. The van der Waals surface area contributed by atoms with Gasteiger partial charge in [0.25, 0.3) is 0 Å². The first-order valence-electron chi connectivity index (χ1n) is 7.76. The summed E-state index contributed by atoms with van der Waals surface area (Å²) in [5.74, 6) is 1.83. The highest BCUT2D eigenvalue weighted by Gasteiger charge is 2.20. The third-order valence-electron chi connectivity index (χ3n) is 2.97. The predicted octanol–water partition coefficient (Wildman–Crippen LogP) is 1.93. The van der Waals surface area contributed by atoms with Gasteiger partial charge < -0.3 is 20.1 Å². The maximum atomic E-state index is 5.57. The number of nitrogens with zero attached hydrogens (tertiary/aromatic N) is 3. The van der Waals surface area contributed by atoms with Crippen molar-refractivity contribution in [3.05, 3.63) is 0 Å². The van der Waals surface area contributed by atoms with Crippen LogP contribution in [0.2, 0.25) is 0 Å². The van der Waals surface area contributed by atoms with Crippen LogP contribution in [0.4, 0.5) is 11.9 Å². The second-order valence-corrected chi connectivity index (χ2v) is 5.09. The Morgan fingerprint density at radius 3 is 2.48 bits per heavy atom. The van der Waals surface area contributed by atoms with Gasteiger partial charge in [-0.15, -0.1) is 0 Å². The maximum Gasteiger partial charge on any atom is 0.323 e. The van der Waals surface area contributed by atoms with Gasteiger partial charge in [-0.1, -0.05) is 6.92 Å². The molecule has 1 aliphatic carbocycles. The van der Waals surface area contributed by atoms with E-state index in [9.17, 15) is 0 Å². The summed E-state index contributed by atoms with van der Waals surface area (Å²) >= 11 is 0. The van der Waals surface area contributed by atoms with Crippen LogP contribution in [0.25, 0.3) is 0 Å². The Labute approximate surface area is 125 Å². The van der Waals surface area contributed by atoms with Crippen molar-refractivity contribution >= 4 is 11.9 Å². The fourth-order valence-electron chi connectivity index (χ4n) is 1.70. The summed E-state index contributed by atoms with van der Waals surface area (Å²) in [5.41, 5.74) is 0. The highest BCUT2D eigenvalue weighted by Crippen LogP contribution is 2.28. The summed E-state index contributed by atoms with van der Waals surface area (Å²) in [5, 5.41) is 6.22. The molecule has 0 amide bonds. The molecule has 0 atom stereocenters. The molecule has 0 unspecified atom stereocenters. The Balaban J connectivity index is 1.81. The summed E-state index contributed by atoms with van der Waals surface area (Å²) in [6.07, 6.45) is 3.54. The topological polar surface area (TPSA) is 81.2 Å². The van der Waals surface area contributed by atoms with E-state index >= 15 is 0 Å². The number of anilines is 2. The molecule has 7 nitrogen and oxygen atoms in total. The normalized spacial score (nSPS) is 14.0. The van der Waals surface area contributed by atoms with Crippen molar-refractivity contribution in [3.63, 3.8) is 0 Å². The van der Waals surface area contributed by atoms with Crippen molar-refractivity contribution in [1.29, 1.82) is 0 Å². The molecule has 1 aromatic heterocycles. The van der Waals surface area contributed by atoms with Crippen LogP contribution in [0.15, 0.2) is 0 Å². The van der Waals surface area contributed by atoms with Crippen LogP contribution in [0, 0.1) is 5.92 Å². The Morgan fingerprint density at radius 2 is 1.81 bits per heavy atom. The molecular weight excluding hydrogens is 270 g/mol. The van der Waals surface area contributed by atoms with E-state index < -0.39 is 0 Å². The molecule has 21 heavy (non-hydrogen) atoms. The zero-order valence-corrected chi connectivity index (χ0v) is 12.9. The smallest absolute Gasteiger partial charge is 0.323 e. The lowest BCUT2D eigenvalue weighted by Crippen LogP contribution is -2.15. The minimum atomic E-state index is 0.351. The van der Waals surface area contributed by atoms with E-state index in [1.54, 1.807) is 0 Å². The summed E-state index contributed by atoms with van der Waals surface area (Å²) < 4.78 is 11.0. The molecule has 1 aromatic rings. The Kier molecular flexibility index (Phi) is 6.46. The highest BCUT2D eigenvalue weighted by atomic mass is 16.5. The van der Waals surface area contributed by atoms with Crippen LogP contribution < -0.4 is 15.4 Å². The lowest BCUT2D eigenvalue weighted by Gasteiger charge is -2.10. The molecule has 2 rings (SSSR count). The van der Waals surface area contributed by atoms with Gasteiger partial charge in [0, 0.05) is 19.7 Å². The van der Waals surface area contributed by atoms with E-state index in [2.05, 4.69) is 25.6 Å². The number of aromatic nitrogens is 3. The molecule has 0 aromatic carbocycles. The Morgan fingerprint density at radius 1 is 1.05 bits per heavy atom. The number of nitrogens with one attached hydrogen (secondary N) is 2. The Hall–Kier alpha value is -1.63. The Bertz CT molecular complexity index is 426. The van der Waals surface area contributed by atoms with Crippen LogP contribution in [0.3, 0.4) is 0 Å². The first kappa shape index (κ1) is 15.8. The number of hydrogen-bond donors (Lipinski definition) is 2. The van der Waals surface area contributed by atoms with E-state index in [1.165, 1.54) is 12.8 Å². The molecule has 0 bridgehead atoms. The van der Waals surface area contributed by atoms with Gasteiger partial charge in [0.15, 0.2) is 0 Å². The summed E-state index contributed by atoms with van der Waals surface area (Å²) in [4.78, 5) is 12.8. The number of ether oxygens (including phenoxy) is 2. The lowest BCUT2D eigenvalue weighted by molar-refractivity contribution is 0.133. The summed E-state index contributed by atoms with van der Waals surface area (Å²) in [6.45, 7) is 7.59. The number of hydrogen-bond acceptors (Lipinski definition) is 7. The minimum absolute atomic E-state index is 0.351. The zero-order valence-electron chi connectivity index (χ0n) is 12.9. The van der Waals surface area contributed by atoms with Crippen LogP contribution in [-0.4, -0.2) is 47.9 Å². The highest BCUT2D eigenvalue weighted by molar-refractivity contribution is 5.35. The van der Waals surface area contributed by atoms with E-state index in [-0.39, 0.29) is 0 Å². The van der Waals surface area contributed by atoms with Gasteiger partial charge >= 0.3 is 6.01 Å². The molecule has 1 aliphatic rings. The molecule has 0 radical (unpaired) electrons. The van der Waals surface area contributed by atoms with Crippen molar-refractivity contribution in [2.45, 2.75) is 33.1 Å². The van der Waals surface area contributed by atoms with Crippen LogP contribution in [-0.2, 0) is 4.74 Å². The van der Waals surface area contributed by atoms with E-state index in [1.807, 2.05) is 13.8 Å². The standard InChI is InChI=1S/C14H25N5O2/c1-3-8-21-14-18-12(15-4-2)17-13(19-14)16-7-9-20-10-11-5-6-11/h11H,3-10H2,1-2H3,(H2,15,16,17,18,19). The fourth-order valence-corrected chi connectivity index (χ4v) is 1.70. The van der Waals surface area contributed by atoms with Crippen molar-refractivity contribution in [2.75, 3.05) is 43.5 Å². The van der Waals surface area contributed by atoms with Crippen LogP contribution in [0.1, 0.15) is 33.1 Å². The molecule has 0 saturated heterocycles. The molecule has 7 heteroatoms. The molecule has 1 heterocycles. The molecule has 0 aliphatic heterocycles. The average Bonchev–Trinajstić information content (AvgIpc) is 3.29. The third kappa shape index (κ3) is 6.12. The molecule has 118 valence electrons. The fraction of sp³-hybridized carbons (Fsp3) is 0.786. The van der Waals surface area contributed by atoms with Gasteiger partial charge in [-0.05, 0) is 32.1 Å². The zero-order chi connectivity index (χ0) is 14.9. The molecule has 2 N–H and O–H groups in total. The van der Waals surface area contributed by atoms with Crippen molar-refractivity contribution in [3.8, 4) is 6.01 Å². The van der Waals surface area contributed by atoms with Gasteiger partial charge in [0.05, 0.1) is 13.2 Å². The largest absolute Gasteiger partial charge is 0.463 e. The van der Waals surface area contributed by atoms with E-state index in [0.717, 1.165) is 25.5 Å².